The maximum Gasteiger partial charge on any atom is 0.316 e. The highest BCUT2D eigenvalue weighted by atomic mass is 32.2. The molecule has 2 amide bonds. The highest BCUT2D eigenvalue weighted by molar-refractivity contribution is 7.93. The van der Waals surface area contributed by atoms with Crippen LogP contribution in [0.2, 0.25) is 0 Å². The number of anilines is 3. The van der Waals surface area contributed by atoms with Crippen molar-refractivity contribution in [2.75, 3.05) is 14.8 Å². The Morgan fingerprint density at radius 1 is 0.688 bits per heavy atom. The molecule has 0 aliphatic rings. The fraction of sp³-hybridized carbons (Fsp3) is 0.0952. The second-order valence-corrected chi connectivity index (χ2v) is 10.5. The Labute approximate surface area is 186 Å². The molecule has 0 heterocycles. The number of nitrogens with two attached hydrogens (primary N) is 1. The molecule has 168 valence electrons. The minimum atomic E-state index is -4.05. The Balaban J connectivity index is 2.01. The average Bonchev–Trinajstić information content (AvgIpc) is 2.70. The molecule has 0 atom stereocenters. The van der Waals surface area contributed by atoms with E-state index in [1.54, 1.807) is 24.3 Å². The second kappa shape index (κ2) is 8.89. The van der Waals surface area contributed by atoms with Crippen molar-refractivity contribution in [3.63, 3.8) is 0 Å². The minimum Gasteiger partial charge on any atom is -0.351 e. The summed E-state index contributed by atoms with van der Waals surface area (Å²) >= 11 is 0. The summed E-state index contributed by atoms with van der Waals surface area (Å²) in [4.78, 5) is 11.2. The summed E-state index contributed by atoms with van der Waals surface area (Å²) in [6, 6.07) is 15.4. The fourth-order valence-corrected chi connectivity index (χ4v) is 4.93. The van der Waals surface area contributed by atoms with Gasteiger partial charge in [0.15, 0.2) is 0 Å². The van der Waals surface area contributed by atoms with E-state index >= 15 is 0 Å². The van der Waals surface area contributed by atoms with E-state index < -0.39 is 26.1 Å². The Bertz CT molecular complexity index is 1350. The number of primary amides is 1. The summed E-state index contributed by atoms with van der Waals surface area (Å²) in [7, 11) is -8.06. The zero-order valence-electron chi connectivity index (χ0n) is 17.3. The molecule has 0 saturated carbocycles. The Morgan fingerprint density at radius 3 is 1.56 bits per heavy atom. The number of hydrogen-bond donors (Lipinski definition) is 4. The van der Waals surface area contributed by atoms with Crippen molar-refractivity contribution in [1.29, 1.82) is 0 Å². The van der Waals surface area contributed by atoms with Gasteiger partial charge >= 0.3 is 6.03 Å². The van der Waals surface area contributed by atoms with Gasteiger partial charge in [0.1, 0.15) is 0 Å². The lowest BCUT2D eigenvalue weighted by Crippen LogP contribution is -2.20. The number of urea groups is 1. The first-order chi connectivity index (χ1) is 15.0. The van der Waals surface area contributed by atoms with Gasteiger partial charge in [-0.15, -0.1) is 0 Å². The lowest BCUT2D eigenvalue weighted by atomic mass is 10.2. The van der Waals surface area contributed by atoms with Crippen LogP contribution in [0, 0.1) is 13.8 Å². The molecule has 0 bridgehead atoms. The maximum absolute atomic E-state index is 12.9. The molecule has 0 unspecified atom stereocenters. The predicted molar refractivity (Wildman–Crippen MR) is 124 cm³/mol. The van der Waals surface area contributed by atoms with Gasteiger partial charge in [0, 0.05) is 5.69 Å². The van der Waals surface area contributed by atoms with E-state index in [1.807, 2.05) is 13.8 Å². The van der Waals surface area contributed by atoms with Crippen LogP contribution in [0.25, 0.3) is 0 Å². The standard InChI is InChI=1S/C21H22N4O5S2/c1-14-3-8-17(9-4-14)31(27,28)24-19-12-7-16(23-21(22)26)13-20(19)25-32(29,30)18-10-5-15(2)6-11-18/h3-13,24-25H,1-2H3,(H3,22,23,26). The Morgan fingerprint density at radius 2 is 1.12 bits per heavy atom. The van der Waals surface area contributed by atoms with Gasteiger partial charge in [-0.05, 0) is 56.3 Å². The lowest BCUT2D eigenvalue weighted by molar-refractivity contribution is 0.259. The molecule has 0 radical (unpaired) electrons. The van der Waals surface area contributed by atoms with Gasteiger partial charge in [-0.1, -0.05) is 35.4 Å². The molecular formula is C21H22N4O5S2. The first kappa shape index (κ1) is 23.1. The predicted octanol–water partition coefficient (Wildman–Crippen LogP) is 3.40. The molecule has 0 saturated heterocycles. The van der Waals surface area contributed by atoms with Gasteiger partial charge < -0.3 is 11.1 Å². The third kappa shape index (κ3) is 5.56. The van der Waals surface area contributed by atoms with Gasteiger partial charge in [0.2, 0.25) is 0 Å². The van der Waals surface area contributed by atoms with Gasteiger partial charge in [-0.3, -0.25) is 9.44 Å². The van der Waals surface area contributed by atoms with Crippen molar-refractivity contribution < 1.29 is 21.6 Å². The molecule has 32 heavy (non-hydrogen) atoms. The van der Waals surface area contributed by atoms with Crippen molar-refractivity contribution in [3.05, 3.63) is 77.9 Å². The first-order valence-electron chi connectivity index (χ1n) is 9.36. The normalized spacial score (nSPS) is 11.6. The third-order valence-electron chi connectivity index (χ3n) is 4.44. The monoisotopic (exact) mass is 474 g/mol. The van der Waals surface area contributed by atoms with E-state index in [4.69, 9.17) is 5.73 Å². The first-order valence-corrected chi connectivity index (χ1v) is 12.3. The van der Waals surface area contributed by atoms with Crippen molar-refractivity contribution in [2.24, 2.45) is 5.73 Å². The number of nitrogens with one attached hydrogen (secondary N) is 3. The molecule has 3 rings (SSSR count). The van der Waals surface area contributed by atoms with Crippen LogP contribution in [0.15, 0.2) is 76.5 Å². The van der Waals surface area contributed by atoms with Crippen LogP contribution < -0.4 is 20.5 Å². The van der Waals surface area contributed by atoms with Crippen LogP contribution in [-0.2, 0) is 20.0 Å². The molecule has 0 aliphatic carbocycles. The van der Waals surface area contributed by atoms with E-state index in [0.717, 1.165) is 11.1 Å². The number of carbonyl (C=O) groups excluding carboxylic acids is 1. The van der Waals surface area contributed by atoms with E-state index in [9.17, 15) is 21.6 Å². The molecule has 0 spiro atoms. The van der Waals surface area contributed by atoms with Crippen LogP contribution in [0.5, 0.6) is 0 Å². The smallest absolute Gasteiger partial charge is 0.316 e. The summed E-state index contributed by atoms with van der Waals surface area (Å²) in [5, 5.41) is 2.33. The average molecular weight is 475 g/mol. The van der Waals surface area contributed by atoms with Crippen molar-refractivity contribution in [3.8, 4) is 0 Å². The number of amides is 2. The molecular weight excluding hydrogens is 452 g/mol. The molecule has 9 nitrogen and oxygen atoms in total. The largest absolute Gasteiger partial charge is 0.351 e. The summed E-state index contributed by atoms with van der Waals surface area (Å²) in [5.74, 6) is 0. The number of rotatable bonds is 7. The molecule has 0 aromatic heterocycles. The zero-order chi connectivity index (χ0) is 23.5. The Kier molecular flexibility index (Phi) is 6.42. The lowest BCUT2D eigenvalue weighted by Gasteiger charge is -2.16. The molecule has 11 heteroatoms. The number of hydrogen-bond acceptors (Lipinski definition) is 5. The van der Waals surface area contributed by atoms with Crippen LogP contribution in [0.3, 0.4) is 0 Å². The number of sulfonamides is 2. The third-order valence-corrected chi connectivity index (χ3v) is 7.20. The number of carbonyl (C=O) groups is 1. The van der Waals surface area contributed by atoms with Crippen molar-refractivity contribution in [2.45, 2.75) is 23.6 Å². The molecule has 3 aromatic rings. The van der Waals surface area contributed by atoms with Crippen LogP contribution in [0.4, 0.5) is 21.9 Å². The van der Waals surface area contributed by atoms with Gasteiger partial charge in [-0.25, -0.2) is 21.6 Å². The molecule has 0 fully saturated rings. The van der Waals surface area contributed by atoms with E-state index in [-0.39, 0.29) is 26.9 Å². The minimum absolute atomic E-state index is 0.00905. The highest BCUT2D eigenvalue weighted by Crippen LogP contribution is 2.30. The van der Waals surface area contributed by atoms with E-state index in [2.05, 4.69) is 14.8 Å². The van der Waals surface area contributed by atoms with Gasteiger partial charge in [0.25, 0.3) is 20.0 Å². The summed E-state index contributed by atoms with van der Waals surface area (Å²) in [6.45, 7) is 3.65. The number of aryl methyl sites for hydroxylation is 2. The molecule has 3 aromatic carbocycles. The van der Waals surface area contributed by atoms with Crippen LogP contribution in [0.1, 0.15) is 11.1 Å². The topological polar surface area (TPSA) is 147 Å². The second-order valence-electron chi connectivity index (χ2n) is 7.09. The molecule has 5 N–H and O–H groups in total. The van der Waals surface area contributed by atoms with E-state index in [1.165, 1.54) is 42.5 Å². The van der Waals surface area contributed by atoms with Crippen molar-refractivity contribution >= 4 is 43.1 Å². The van der Waals surface area contributed by atoms with Crippen LogP contribution >= 0.6 is 0 Å². The van der Waals surface area contributed by atoms with Gasteiger partial charge in [0.05, 0.1) is 21.2 Å². The highest BCUT2D eigenvalue weighted by Gasteiger charge is 2.20. The fourth-order valence-electron chi connectivity index (χ4n) is 2.78. The van der Waals surface area contributed by atoms with Crippen molar-refractivity contribution in [1.82, 2.24) is 0 Å². The Hall–Kier alpha value is -3.57. The summed E-state index contributed by atoms with van der Waals surface area (Å²) in [5.41, 5.74) is 6.96. The molecule has 0 aliphatic heterocycles. The van der Waals surface area contributed by atoms with Gasteiger partial charge in [-0.2, -0.15) is 0 Å². The van der Waals surface area contributed by atoms with Crippen LogP contribution in [-0.4, -0.2) is 22.9 Å². The SMILES string of the molecule is Cc1ccc(S(=O)(=O)Nc2ccc(NC(N)=O)cc2NS(=O)(=O)c2ccc(C)cc2)cc1. The van der Waals surface area contributed by atoms with E-state index in [0.29, 0.717) is 0 Å². The quantitative estimate of drug-likeness (QED) is 0.414. The summed E-state index contributed by atoms with van der Waals surface area (Å²) < 4.78 is 56.1. The maximum atomic E-state index is 12.9. The number of benzene rings is 3. The zero-order valence-corrected chi connectivity index (χ0v) is 18.9. The summed E-state index contributed by atoms with van der Waals surface area (Å²) in [6.07, 6.45) is 0.